The maximum Gasteiger partial charge on any atom is 0.255 e. The highest BCUT2D eigenvalue weighted by atomic mass is 32.2. The maximum absolute atomic E-state index is 13.0. The number of carbonyl (C=O) groups is 1. The molecular formula is C19H31N3O6S. The van der Waals surface area contributed by atoms with Crippen molar-refractivity contribution in [2.75, 3.05) is 66.7 Å². The van der Waals surface area contributed by atoms with Crippen LogP contribution < -0.4 is 14.8 Å². The molecule has 1 aromatic rings. The summed E-state index contributed by atoms with van der Waals surface area (Å²) in [6, 6.07) is 2.73. The molecule has 1 heterocycles. The van der Waals surface area contributed by atoms with Crippen LogP contribution >= 0.6 is 0 Å². The molecule has 0 aliphatic carbocycles. The Bertz CT molecular complexity index is 789. The summed E-state index contributed by atoms with van der Waals surface area (Å²) >= 11 is 0. The Morgan fingerprint density at radius 1 is 1.17 bits per heavy atom. The van der Waals surface area contributed by atoms with E-state index in [1.807, 2.05) is 0 Å². The largest absolute Gasteiger partial charge is 0.493 e. The molecule has 0 bridgehead atoms. The van der Waals surface area contributed by atoms with Gasteiger partial charge in [0, 0.05) is 32.2 Å². The molecule has 2 rings (SSSR count). The second kappa shape index (κ2) is 10.8. The molecule has 164 valence electrons. The van der Waals surface area contributed by atoms with Gasteiger partial charge >= 0.3 is 0 Å². The van der Waals surface area contributed by atoms with E-state index in [1.165, 1.54) is 30.7 Å². The van der Waals surface area contributed by atoms with Gasteiger partial charge in [-0.2, -0.15) is 4.31 Å². The van der Waals surface area contributed by atoms with Crippen LogP contribution in [0.5, 0.6) is 11.5 Å². The smallest absolute Gasteiger partial charge is 0.255 e. The van der Waals surface area contributed by atoms with E-state index in [-0.39, 0.29) is 35.0 Å². The Kier molecular flexibility index (Phi) is 8.69. The average Bonchev–Trinajstić information content (AvgIpc) is 2.76. The standard InChI is InChI=1S/C19H31N3O6S/c1-5-21(6-2)8-7-20-19(23)16-13-15(14-17(26-3)18(16)27-4)29(24,25)22-9-11-28-12-10-22/h13-14H,5-12H2,1-4H3,(H,20,23). The van der Waals surface area contributed by atoms with Gasteiger partial charge in [-0.05, 0) is 19.2 Å². The predicted molar refractivity (Wildman–Crippen MR) is 109 cm³/mol. The van der Waals surface area contributed by atoms with Gasteiger partial charge in [0.2, 0.25) is 10.0 Å². The molecule has 1 aliphatic rings. The third kappa shape index (κ3) is 5.59. The highest BCUT2D eigenvalue weighted by molar-refractivity contribution is 7.89. The summed E-state index contributed by atoms with van der Waals surface area (Å²) < 4.78 is 43.3. The summed E-state index contributed by atoms with van der Waals surface area (Å²) in [6.07, 6.45) is 0. The number of rotatable bonds is 10. The lowest BCUT2D eigenvalue weighted by Crippen LogP contribution is -2.40. The molecule has 0 unspecified atom stereocenters. The summed E-state index contributed by atoms with van der Waals surface area (Å²) in [6.45, 7) is 8.23. The van der Waals surface area contributed by atoms with Crippen LogP contribution in [0.15, 0.2) is 17.0 Å². The Morgan fingerprint density at radius 3 is 2.38 bits per heavy atom. The van der Waals surface area contributed by atoms with Crippen molar-refractivity contribution in [1.82, 2.24) is 14.5 Å². The number of ether oxygens (including phenoxy) is 3. The molecule has 1 N–H and O–H groups in total. The predicted octanol–water partition coefficient (Wildman–Crippen LogP) is 0.796. The Morgan fingerprint density at radius 2 is 1.83 bits per heavy atom. The second-order valence-corrected chi connectivity index (χ2v) is 8.44. The number of morpholine rings is 1. The van der Waals surface area contributed by atoms with Crippen molar-refractivity contribution in [2.45, 2.75) is 18.7 Å². The molecule has 0 radical (unpaired) electrons. The molecule has 1 aromatic carbocycles. The molecule has 1 aliphatic heterocycles. The first-order valence-corrected chi connectivity index (χ1v) is 11.2. The van der Waals surface area contributed by atoms with Gasteiger partial charge < -0.3 is 24.4 Å². The second-order valence-electron chi connectivity index (χ2n) is 6.51. The summed E-state index contributed by atoms with van der Waals surface area (Å²) in [4.78, 5) is 15.0. The van der Waals surface area contributed by atoms with Crippen molar-refractivity contribution in [3.63, 3.8) is 0 Å². The lowest BCUT2D eigenvalue weighted by atomic mass is 10.1. The fourth-order valence-corrected chi connectivity index (χ4v) is 4.61. The highest BCUT2D eigenvalue weighted by Crippen LogP contribution is 2.35. The quantitative estimate of drug-likeness (QED) is 0.587. The lowest BCUT2D eigenvalue weighted by molar-refractivity contribution is 0.0730. The van der Waals surface area contributed by atoms with E-state index in [0.29, 0.717) is 26.3 Å². The number of nitrogens with one attached hydrogen (secondary N) is 1. The van der Waals surface area contributed by atoms with Crippen LogP contribution in [0.4, 0.5) is 0 Å². The highest BCUT2D eigenvalue weighted by Gasteiger charge is 2.30. The van der Waals surface area contributed by atoms with Crippen LogP contribution in [0.25, 0.3) is 0 Å². The number of nitrogens with zero attached hydrogens (tertiary/aromatic N) is 2. The van der Waals surface area contributed by atoms with Crippen LogP contribution in [-0.2, 0) is 14.8 Å². The number of likely N-dealkylation sites (N-methyl/N-ethyl adjacent to an activating group) is 1. The average molecular weight is 430 g/mol. The number of carbonyl (C=O) groups excluding carboxylic acids is 1. The zero-order valence-electron chi connectivity index (χ0n) is 17.6. The van der Waals surface area contributed by atoms with Crippen molar-refractivity contribution in [2.24, 2.45) is 0 Å². The molecule has 1 saturated heterocycles. The molecule has 0 saturated carbocycles. The minimum absolute atomic E-state index is 0.00839. The monoisotopic (exact) mass is 429 g/mol. The molecule has 9 nitrogen and oxygen atoms in total. The Balaban J connectivity index is 2.32. The summed E-state index contributed by atoms with van der Waals surface area (Å²) in [5.74, 6) is -0.0178. The minimum Gasteiger partial charge on any atom is -0.493 e. The normalized spacial score (nSPS) is 15.3. The van der Waals surface area contributed by atoms with Gasteiger partial charge in [-0.3, -0.25) is 4.79 Å². The molecular weight excluding hydrogens is 398 g/mol. The van der Waals surface area contributed by atoms with Crippen LogP contribution in [0.1, 0.15) is 24.2 Å². The van der Waals surface area contributed by atoms with E-state index in [9.17, 15) is 13.2 Å². The van der Waals surface area contributed by atoms with E-state index < -0.39 is 15.9 Å². The molecule has 1 fully saturated rings. The minimum atomic E-state index is -3.79. The van der Waals surface area contributed by atoms with Crippen LogP contribution in [-0.4, -0.2) is 90.2 Å². The molecule has 1 amide bonds. The molecule has 0 atom stereocenters. The Labute approximate surface area is 173 Å². The van der Waals surface area contributed by atoms with E-state index in [0.717, 1.165) is 13.1 Å². The van der Waals surface area contributed by atoms with E-state index >= 15 is 0 Å². The van der Waals surface area contributed by atoms with Gasteiger partial charge in [0.25, 0.3) is 5.91 Å². The third-order valence-electron chi connectivity index (χ3n) is 4.91. The van der Waals surface area contributed by atoms with Crippen molar-refractivity contribution >= 4 is 15.9 Å². The third-order valence-corrected chi connectivity index (χ3v) is 6.79. The maximum atomic E-state index is 13.0. The zero-order valence-corrected chi connectivity index (χ0v) is 18.4. The summed E-state index contributed by atoms with van der Waals surface area (Å²) in [7, 11) is -0.963. The SMILES string of the molecule is CCN(CC)CCNC(=O)c1cc(S(=O)(=O)N2CCOCC2)cc(OC)c1OC. The van der Waals surface area contributed by atoms with Crippen molar-refractivity contribution in [1.29, 1.82) is 0 Å². The molecule has 0 aromatic heterocycles. The molecule has 0 spiro atoms. The van der Waals surface area contributed by atoms with Gasteiger partial charge in [0.1, 0.15) is 0 Å². The number of hydrogen-bond acceptors (Lipinski definition) is 7. The van der Waals surface area contributed by atoms with Crippen LogP contribution in [0.3, 0.4) is 0 Å². The summed E-state index contributed by atoms with van der Waals surface area (Å²) in [5.41, 5.74) is 0.123. The van der Waals surface area contributed by atoms with Crippen molar-refractivity contribution < 1.29 is 27.4 Å². The van der Waals surface area contributed by atoms with E-state index in [4.69, 9.17) is 14.2 Å². The van der Waals surface area contributed by atoms with Crippen molar-refractivity contribution in [3.05, 3.63) is 17.7 Å². The lowest BCUT2D eigenvalue weighted by Gasteiger charge is -2.26. The van der Waals surface area contributed by atoms with Gasteiger partial charge in [0.05, 0.1) is 37.9 Å². The fourth-order valence-electron chi connectivity index (χ4n) is 3.16. The molecule has 10 heteroatoms. The number of benzene rings is 1. The first kappa shape index (κ1) is 23.4. The Hall–Kier alpha value is -1.88. The van der Waals surface area contributed by atoms with Crippen LogP contribution in [0, 0.1) is 0 Å². The molecule has 29 heavy (non-hydrogen) atoms. The number of sulfonamides is 1. The fraction of sp³-hybridized carbons (Fsp3) is 0.632. The van der Waals surface area contributed by atoms with Crippen LogP contribution in [0.2, 0.25) is 0 Å². The number of hydrogen-bond donors (Lipinski definition) is 1. The number of amides is 1. The van der Waals surface area contributed by atoms with E-state index in [1.54, 1.807) is 0 Å². The van der Waals surface area contributed by atoms with Gasteiger partial charge in [0.15, 0.2) is 11.5 Å². The van der Waals surface area contributed by atoms with Crippen molar-refractivity contribution in [3.8, 4) is 11.5 Å². The summed E-state index contributed by atoms with van der Waals surface area (Å²) in [5, 5.41) is 2.84. The van der Waals surface area contributed by atoms with Gasteiger partial charge in [-0.1, -0.05) is 13.8 Å². The van der Waals surface area contributed by atoms with Gasteiger partial charge in [-0.25, -0.2) is 8.42 Å². The first-order valence-electron chi connectivity index (χ1n) is 9.73. The number of methoxy groups -OCH3 is 2. The topological polar surface area (TPSA) is 97.4 Å². The zero-order chi connectivity index (χ0) is 21.4. The van der Waals surface area contributed by atoms with Gasteiger partial charge in [-0.15, -0.1) is 0 Å². The van der Waals surface area contributed by atoms with E-state index in [2.05, 4.69) is 24.1 Å². The first-order chi connectivity index (χ1) is 13.9.